The number of hydrogen-bond donors (Lipinski definition) is 1. The molecule has 0 radical (unpaired) electrons. The number of anilines is 1. The van der Waals surface area contributed by atoms with Crippen LogP contribution >= 0.6 is 0 Å². The normalized spacial score (nSPS) is 19.9. The fraction of sp³-hybridized carbons (Fsp3) is 0.632. The van der Waals surface area contributed by atoms with Gasteiger partial charge in [-0.25, -0.2) is 0 Å². The second-order valence-corrected chi connectivity index (χ2v) is 6.85. The first-order valence-corrected chi connectivity index (χ1v) is 8.96. The van der Waals surface area contributed by atoms with Gasteiger partial charge in [-0.15, -0.1) is 0 Å². The molecular weight excluding hydrogens is 361 g/mol. The van der Waals surface area contributed by atoms with Crippen LogP contribution in [0.3, 0.4) is 0 Å². The lowest BCUT2D eigenvalue weighted by atomic mass is 9.87. The maximum absolute atomic E-state index is 13.2. The monoisotopic (exact) mass is 388 g/mol. The predicted molar refractivity (Wildman–Crippen MR) is 96.9 cm³/mol. The van der Waals surface area contributed by atoms with Gasteiger partial charge in [-0.2, -0.15) is 13.2 Å². The number of benzene rings is 1. The molecule has 8 heteroatoms. The van der Waals surface area contributed by atoms with E-state index >= 15 is 0 Å². The van der Waals surface area contributed by atoms with E-state index in [1.165, 1.54) is 13.2 Å². The second kappa shape index (κ2) is 9.41. The maximum Gasteiger partial charge on any atom is 0.416 e. The van der Waals surface area contributed by atoms with Crippen LogP contribution in [0.2, 0.25) is 0 Å². The summed E-state index contributed by atoms with van der Waals surface area (Å²) in [5.74, 6) is -0.0490. The van der Waals surface area contributed by atoms with Gasteiger partial charge in [0.05, 0.1) is 19.3 Å². The molecule has 2 rings (SSSR count). The van der Waals surface area contributed by atoms with Crippen LogP contribution in [0.25, 0.3) is 0 Å². The quantitative estimate of drug-likeness (QED) is 0.694. The number of carbonyl (C=O) groups excluding carboxylic acids is 1. The number of halogens is 3. The fourth-order valence-electron chi connectivity index (χ4n) is 3.53. The van der Waals surface area contributed by atoms with Crippen molar-refractivity contribution in [1.29, 1.82) is 0 Å². The molecule has 1 aromatic rings. The molecule has 1 aliphatic heterocycles. The van der Waals surface area contributed by atoms with Crippen LogP contribution in [0.4, 0.5) is 18.9 Å². The third-order valence-corrected chi connectivity index (χ3v) is 4.99. The van der Waals surface area contributed by atoms with E-state index in [1.54, 1.807) is 25.1 Å². The van der Waals surface area contributed by atoms with Crippen molar-refractivity contribution in [1.82, 2.24) is 5.32 Å². The molecule has 0 aromatic heterocycles. The van der Waals surface area contributed by atoms with E-state index in [2.05, 4.69) is 10.1 Å². The van der Waals surface area contributed by atoms with Gasteiger partial charge in [-0.05, 0) is 24.1 Å². The molecular formula is C19H27F3N2O3. The van der Waals surface area contributed by atoms with Crippen LogP contribution in [-0.4, -0.2) is 53.5 Å². The lowest BCUT2D eigenvalue weighted by molar-refractivity contribution is -0.140. The zero-order valence-corrected chi connectivity index (χ0v) is 15.9. The molecule has 0 saturated carbocycles. The number of nitrogens with one attached hydrogen (secondary N) is 1. The first-order valence-electron chi connectivity index (χ1n) is 8.96. The fourth-order valence-corrected chi connectivity index (χ4v) is 3.53. The number of esters is 1. The Morgan fingerprint density at radius 2 is 2.04 bits per heavy atom. The molecule has 1 N–H and O–H groups in total. The zero-order chi connectivity index (χ0) is 20.0. The van der Waals surface area contributed by atoms with Crippen LogP contribution in [0.15, 0.2) is 18.2 Å². The number of hydrogen-bond acceptors (Lipinski definition) is 5. The summed E-state index contributed by atoms with van der Waals surface area (Å²) < 4.78 is 49.6. The van der Waals surface area contributed by atoms with Crippen LogP contribution in [0, 0.1) is 5.92 Å². The molecule has 27 heavy (non-hydrogen) atoms. The summed E-state index contributed by atoms with van der Waals surface area (Å²) in [5.41, 5.74) is 0.746. The van der Waals surface area contributed by atoms with Gasteiger partial charge in [0.25, 0.3) is 0 Å². The molecule has 5 nitrogen and oxygen atoms in total. The van der Waals surface area contributed by atoms with Crippen molar-refractivity contribution in [2.24, 2.45) is 5.92 Å². The van der Waals surface area contributed by atoms with E-state index in [1.807, 2.05) is 0 Å². The minimum absolute atomic E-state index is 0.0743. The van der Waals surface area contributed by atoms with Gasteiger partial charge in [0.1, 0.15) is 0 Å². The van der Waals surface area contributed by atoms with Crippen molar-refractivity contribution in [3.05, 3.63) is 29.3 Å². The first kappa shape index (κ1) is 21.5. The average Bonchev–Trinajstić information content (AvgIpc) is 3.08. The van der Waals surface area contributed by atoms with Crippen molar-refractivity contribution < 1.29 is 27.4 Å². The topological polar surface area (TPSA) is 50.8 Å². The van der Waals surface area contributed by atoms with Crippen molar-refractivity contribution in [2.75, 3.05) is 52.4 Å². The summed E-state index contributed by atoms with van der Waals surface area (Å²) in [7, 11) is 4.70. The summed E-state index contributed by atoms with van der Waals surface area (Å²) >= 11 is 0. The Morgan fingerprint density at radius 1 is 1.30 bits per heavy atom. The molecule has 0 unspecified atom stereocenters. The Hall–Kier alpha value is -1.80. The van der Waals surface area contributed by atoms with Gasteiger partial charge in [0, 0.05) is 57.7 Å². The van der Waals surface area contributed by atoms with Gasteiger partial charge in [0.15, 0.2) is 0 Å². The van der Waals surface area contributed by atoms with E-state index < -0.39 is 11.7 Å². The van der Waals surface area contributed by atoms with Crippen LogP contribution in [0.1, 0.15) is 29.9 Å². The number of ether oxygens (including phenoxy) is 2. The van der Waals surface area contributed by atoms with E-state index in [0.29, 0.717) is 31.8 Å². The van der Waals surface area contributed by atoms with E-state index in [4.69, 9.17) is 4.74 Å². The summed E-state index contributed by atoms with van der Waals surface area (Å²) in [6.45, 7) is 2.47. The highest BCUT2D eigenvalue weighted by atomic mass is 19.4. The average molecular weight is 388 g/mol. The van der Waals surface area contributed by atoms with Crippen molar-refractivity contribution in [3.8, 4) is 0 Å². The molecule has 1 heterocycles. The van der Waals surface area contributed by atoms with Crippen molar-refractivity contribution >= 4 is 11.7 Å². The Morgan fingerprint density at radius 3 is 2.67 bits per heavy atom. The smallest absolute Gasteiger partial charge is 0.416 e. The number of methoxy groups -OCH3 is 2. The molecule has 1 aliphatic rings. The minimum Gasteiger partial charge on any atom is -0.469 e. The van der Waals surface area contributed by atoms with E-state index in [0.717, 1.165) is 18.2 Å². The predicted octanol–water partition coefficient (Wildman–Crippen LogP) is 3.04. The third kappa shape index (κ3) is 5.59. The highest BCUT2D eigenvalue weighted by Crippen LogP contribution is 2.39. The van der Waals surface area contributed by atoms with Crippen LogP contribution in [-0.2, 0) is 20.4 Å². The van der Waals surface area contributed by atoms with Crippen LogP contribution < -0.4 is 10.2 Å². The number of rotatable bonds is 8. The highest BCUT2D eigenvalue weighted by molar-refractivity contribution is 5.69. The second-order valence-electron chi connectivity index (χ2n) is 6.85. The van der Waals surface area contributed by atoms with E-state index in [-0.39, 0.29) is 24.2 Å². The Labute approximate surface area is 157 Å². The molecule has 0 bridgehead atoms. The van der Waals surface area contributed by atoms with Crippen LogP contribution in [0.5, 0.6) is 0 Å². The largest absolute Gasteiger partial charge is 0.469 e. The number of alkyl halides is 3. The van der Waals surface area contributed by atoms with Crippen molar-refractivity contribution in [2.45, 2.75) is 24.9 Å². The summed E-state index contributed by atoms with van der Waals surface area (Å²) in [6.07, 6.45) is -3.67. The Balaban J connectivity index is 2.28. The van der Waals surface area contributed by atoms with Gasteiger partial charge in [-0.1, -0.05) is 6.07 Å². The molecule has 2 atom stereocenters. The molecule has 152 valence electrons. The third-order valence-electron chi connectivity index (χ3n) is 4.99. The van der Waals surface area contributed by atoms with Gasteiger partial charge >= 0.3 is 12.1 Å². The van der Waals surface area contributed by atoms with Gasteiger partial charge in [0.2, 0.25) is 0 Å². The van der Waals surface area contributed by atoms with Gasteiger partial charge in [-0.3, -0.25) is 4.79 Å². The minimum atomic E-state index is -4.40. The first-order chi connectivity index (χ1) is 12.8. The zero-order valence-electron chi connectivity index (χ0n) is 15.9. The molecule has 1 aromatic carbocycles. The number of nitrogens with zero attached hydrogens (tertiary/aromatic N) is 1. The van der Waals surface area contributed by atoms with E-state index in [9.17, 15) is 18.0 Å². The summed E-state index contributed by atoms with van der Waals surface area (Å²) in [4.78, 5) is 13.1. The summed E-state index contributed by atoms with van der Waals surface area (Å²) in [5, 5.41) is 3.30. The Bertz CT molecular complexity index is 637. The molecule has 0 amide bonds. The lowest BCUT2D eigenvalue weighted by Crippen LogP contribution is -2.24. The SMILES string of the molecule is COC[C@H]1CNC[C@@H]1c1ccc(C(F)(F)F)cc1N(C)CCCC(=O)OC. The molecule has 0 spiro atoms. The maximum atomic E-state index is 13.2. The molecule has 1 fully saturated rings. The molecule has 1 saturated heterocycles. The van der Waals surface area contributed by atoms with Crippen molar-refractivity contribution in [3.63, 3.8) is 0 Å². The molecule has 0 aliphatic carbocycles. The number of carbonyl (C=O) groups is 1. The summed E-state index contributed by atoms with van der Waals surface area (Å²) in [6, 6.07) is 3.92. The van der Waals surface area contributed by atoms with Gasteiger partial charge < -0.3 is 19.7 Å². The standard InChI is InChI=1S/C19H27F3N2O3/c1-24(8-4-5-18(25)27-3)17-9-14(19(20,21)22)6-7-15(17)16-11-23-10-13(16)12-26-2/h6-7,9,13,16,23H,4-5,8,10-12H2,1-3H3/t13-,16+/m1/s1. The lowest BCUT2D eigenvalue weighted by Gasteiger charge is -2.28. The highest BCUT2D eigenvalue weighted by Gasteiger charge is 2.34. The Kier molecular flexibility index (Phi) is 7.49.